The van der Waals surface area contributed by atoms with E-state index in [0.717, 1.165) is 4.90 Å². The molecule has 0 aliphatic rings. The summed E-state index contributed by atoms with van der Waals surface area (Å²) < 4.78 is 0. The van der Waals surface area contributed by atoms with Gasteiger partial charge in [0.15, 0.2) is 0 Å². The molecule has 0 saturated heterocycles. The van der Waals surface area contributed by atoms with Crippen molar-refractivity contribution in [3.05, 3.63) is 39.7 Å². The van der Waals surface area contributed by atoms with Crippen LogP contribution in [0.2, 0.25) is 0 Å². The highest BCUT2D eigenvalue weighted by Crippen LogP contribution is 2.25. The van der Waals surface area contributed by atoms with Crippen LogP contribution in [0.4, 0.5) is 11.6 Å². The minimum absolute atomic E-state index is 0.0238. The molecule has 0 aliphatic carbocycles. The standard InChI is InChI=1S/C11H11N5O3S/c1-6-12-11(15-14-6)13-10(17)8-5-7(20-2)3-4-9(8)16(18)19/h3-5H,1-2H3,(H2,12,13,14,15,17). The summed E-state index contributed by atoms with van der Waals surface area (Å²) in [6.45, 7) is 1.68. The van der Waals surface area contributed by atoms with Gasteiger partial charge in [0, 0.05) is 11.0 Å². The minimum Gasteiger partial charge on any atom is -0.289 e. The molecule has 0 spiro atoms. The Morgan fingerprint density at radius 2 is 2.25 bits per heavy atom. The number of aromatic nitrogens is 3. The van der Waals surface area contributed by atoms with Gasteiger partial charge < -0.3 is 0 Å². The number of nitro groups is 1. The predicted molar refractivity (Wildman–Crippen MR) is 74.0 cm³/mol. The zero-order valence-corrected chi connectivity index (χ0v) is 11.5. The Hall–Kier alpha value is -2.42. The Morgan fingerprint density at radius 1 is 1.50 bits per heavy atom. The van der Waals surface area contributed by atoms with E-state index in [-0.39, 0.29) is 17.2 Å². The monoisotopic (exact) mass is 293 g/mol. The highest BCUT2D eigenvalue weighted by molar-refractivity contribution is 7.98. The first-order chi connectivity index (χ1) is 9.51. The largest absolute Gasteiger partial charge is 0.289 e. The number of thioether (sulfide) groups is 1. The zero-order valence-electron chi connectivity index (χ0n) is 10.7. The van der Waals surface area contributed by atoms with Gasteiger partial charge >= 0.3 is 0 Å². The molecule has 2 rings (SSSR count). The quantitative estimate of drug-likeness (QED) is 0.506. The number of amides is 1. The minimum atomic E-state index is -0.619. The molecule has 104 valence electrons. The van der Waals surface area contributed by atoms with Crippen LogP contribution in [0.15, 0.2) is 23.1 Å². The third kappa shape index (κ3) is 2.94. The van der Waals surface area contributed by atoms with Crippen LogP contribution in [0.25, 0.3) is 0 Å². The van der Waals surface area contributed by atoms with Gasteiger partial charge in [-0.05, 0) is 25.3 Å². The number of rotatable bonds is 4. The lowest BCUT2D eigenvalue weighted by atomic mass is 10.1. The van der Waals surface area contributed by atoms with E-state index in [1.165, 1.54) is 23.9 Å². The van der Waals surface area contributed by atoms with Gasteiger partial charge in [-0.1, -0.05) is 0 Å². The molecule has 2 N–H and O–H groups in total. The fourth-order valence-corrected chi connectivity index (χ4v) is 1.99. The number of nitro benzene ring substituents is 1. The molecule has 9 heteroatoms. The number of aromatic amines is 1. The first-order valence-electron chi connectivity index (χ1n) is 5.54. The van der Waals surface area contributed by atoms with Crippen LogP contribution in [0.5, 0.6) is 0 Å². The van der Waals surface area contributed by atoms with Gasteiger partial charge in [-0.3, -0.25) is 25.3 Å². The summed E-state index contributed by atoms with van der Waals surface area (Å²) in [4.78, 5) is 27.1. The van der Waals surface area contributed by atoms with Gasteiger partial charge in [0.25, 0.3) is 11.6 Å². The van der Waals surface area contributed by atoms with Crippen LogP contribution in [0.3, 0.4) is 0 Å². The molecule has 1 amide bonds. The van der Waals surface area contributed by atoms with Gasteiger partial charge in [0.05, 0.1) is 4.92 Å². The molecule has 0 unspecified atom stereocenters. The molecule has 1 aromatic heterocycles. The van der Waals surface area contributed by atoms with E-state index in [0.29, 0.717) is 5.82 Å². The molecule has 8 nitrogen and oxygen atoms in total. The van der Waals surface area contributed by atoms with Crippen LogP contribution in [-0.2, 0) is 0 Å². The topological polar surface area (TPSA) is 114 Å². The Balaban J connectivity index is 2.34. The lowest BCUT2D eigenvalue weighted by Gasteiger charge is -2.04. The van der Waals surface area contributed by atoms with Crippen molar-refractivity contribution in [2.75, 3.05) is 11.6 Å². The average molecular weight is 293 g/mol. The van der Waals surface area contributed by atoms with Crippen LogP contribution in [-0.4, -0.2) is 32.3 Å². The third-order valence-corrected chi connectivity index (χ3v) is 3.19. The summed E-state index contributed by atoms with van der Waals surface area (Å²) >= 11 is 1.39. The van der Waals surface area contributed by atoms with Crippen LogP contribution >= 0.6 is 11.8 Å². The molecule has 0 saturated carbocycles. The predicted octanol–water partition coefficient (Wildman–Crippen LogP) is 2.00. The summed E-state index contributed by atoms with van der Waals surface area (Å²) in [5, 5.41) is 19.7. The number of aryl methyl sites for hydroxylation is 1. The first kappa shape index (κ1) is 14.0. The Kier molecular flexibility index (Phi) is 3.99. The summed E-state index contributed by atoms with van der Waals surface area (Å²) in [5.74, 6) is -0.00406. The lowest BCUT2D eigenvalue weighted by molar-refractivity contribution is -0.385. The highest BCUT2D eigenvalue weighted by Gasteiger charge is 2.21. The number of hydrogen-bond acceptors (Lipinski definition) is 6. The zero-order chi connectivity index (χ0) is 14.7. The fraction of sp³-hybridized carbons (Fsp3) is 0.182. The normalized spacial score (nSPS) is 10.3. The summed E-state index contributed by atoms with van der Waals surface area (Å²) in [6.07, 6.45) is 1.82. The maximum absolute atomic E-state index is 12.1. The van der Waals surface area contributed by atoms with E-state index in [4.69, 9.17) is 0 Å². The van der Waals surface area contributed by atoms with Crippen molar-refractivity contribution in [3.8, 4) is 0 Å². The molecular weight excluding hydrogens is 282 g/mol. The molecule has 0 fully saturated rings. The molecule has 0 atom stereocenters. The number of nitrogens with one attached hydrogen (secondary N) is 2. The third-order valence-electron chi connectivity index (χ3n) is 2.47. The van der Waals surface area contributed by atoms with Gasteiger partial charge in [0.1, 0.15) is 11.4 Å². The van der Waals surface area contributed by atoms with Gasteiger partial charge in [0.2, 0.25) is 5.95 Å². The van der Waals surface area contributed by atoms with Crippen molar-refractivity contribution in [1.82, 2.24) is 15.2 Å². The van der Waals surface area contributed by atoms with Crippen molar-refractivity contribution in [2.45, 2.75) is 11.8 Å². The molecule has 1 aromatic carbocycles. The second-order valence-electron chi connectivity index (χ2n) is 3.84. The van der Waals surface area contributed by atoms with E-state index < -0.39 is 10.8 Å². The highest BCUT2D eigenvalue weighted by atomic mass is 32.2. The number of H-pyrrole nitrogens is 1. The maximum atomic E-state index is 12.1. The van der Waals surface area contributed by atoms with Crippen molar-refractivity contribution >= 4 is 29.3 Å². The van der Waals surface area contributed by atoms with Crippen molar-refractivity contribution < 1.29 is 9.72 Å². The molecule has 20 heavy (non-hydrogen) atoms. The van der Waals surface area contributed by atoms with Crippen molar-refractivity contribution in [2.24, 2.45) is 0 Å². The van der Waals surface area contributed by atoms with E-state index >= 15 is 0 Å². The Bertz CT molecular complexity index is 670. The van der Waals surface area contributed by atoms with Crippen LogP contribution < -0.4 is 5.32 Å². The number of carbonyl (C=O) groups excluding carboxylic acids is 1. The SMILES string of the molecule is CSc1ccc([N+](=O)[O-])c(C(=O)Nc2n[nH]c(C)n2)c1. The van der Waals surface area contributed by atoms with Crippen molar-refractivity contribution in [1.29, 1.82) is 0 Å². The van der Waals surface area contributed by atoms with Crippen LogP contribution in [0.1, 0.15) is 16.2 Å². The van der Waals surface area contributed by atoms with E-state index in [9.17, 15) is 14.9 Å². The molecule has 0 radical (unpaired) electrons. The van der Waals surface area contributed by atoms with Crippen molar-refractivity contribution in [3.63, 3.8) is 0 Å². The Morgan fingerprint density at radius 3 is 2.80 bits per heavy atom. The number of nitrogens with zero attached hydrogens (tertiary/aromatic N) is 3. The molecular formula is C11H11N5O3S. The summed E-state index contributed by atoms with van der Waals surface area (Å²) in [6, 6.07) is 4.37. The number of hydrogen-bond donors (Lipinski definition) is 2. The average Bonchev–Trinajstić information content (AvgIpc) is 2.83. The fourth-order valence-electron chi connectivity index (χ4n) is 1.55. The number of carbonyl (C=O) groups is 1. The summed E-state index contributed by atoms with van der Waals surface area (Å²) in [7, 11) is 0. The maximum Gasteiger partial charge on any atom is 0.282 e. The first-order valence-corrected chi connectivity index (χ1v) is 6.76. The second-order valence-corrected chi connectivity index (χ2v) is 4.72. The van der Waals surface area contributed by atoms with E-state index in [1.807, 2.05) is 6.26 Å². The number of anilines is 1. The summed E-state index contributed by atoms with van der Waals surface area (Å²) in [5.41, 5.74) is -0.281. The smallest absolute Gasteiger partial charge is 0.282 e. The molecule has 0 aliphatic heterocycles. The van der Waals surface area contributed by atoms with Gasteiger partial charge in [-0.25, -0.2) is 0 Å². The molecule has 0 bridgehead atoms. The Labute approximate surface area is 118 Å². The number of benzene rings is 1. The lowest BCUT2D eigenvalue weighted by Crippen LogP contribution is -2.15. The molecule has 1 heterocycles. The molecule has 2 aromatic rings. The second kappa shape index (κ2) is 5.70. The van der Waals surface area contributed by atoms with E-state index in [2.05, 4.69) is 20.5 Å². The van der Waals surface area contributed by atoms with Gasteiger partial charge in [-0.15, -0.1) is 16.9 Å². The van der Waals surface area contributed by atoms with Crippen LogP contribution in [0, 0.1) is 17.0 Å². The van der Waals surface area contributed by atoms with Gasteiger partial charge in [-0.2, -0.15) is 4.98 Å². The van der Waals surface area contributed by atoms with E-state index in [1.54, 1.807) is 13.0 Å².